The van der Waals surface area contributed by atoms with Gasteiger partial charge in [0.15, 0.2) is 5.92 Å². The van der Waals surface area contributed by atoms with Gasteiger partial charge in [-0.2, -0.15) is 0 Å². The molecule has 2 unspecified atom stereocenters. The molecule has 0 bridgehead atoms. The molecule has 10 heteroatoms. The molecule has 2 aliphatic rings. The zero-order chi connectivity index (χ0) is 25.7. The van der Waals surface area contributed by atoms with Gasteiger partial charge in [0.2, 0.25) is 11.9 Å². The maximum absolute atomic E-state index is 13.2. The third-order valence-corrected chi connectivity index (χ3v) is 6.41. The van der Waals surface area contributed by atoms with Crippen molar-refractivity contribution in [3.05, 3.63) is 48.0 Å². The molecule has 4 rings (SSSR count). The van der Waals surface area contributed by atoms with Crippen LogP contribution in [0.15, 0.2) is 47.5 Å². The van der Waals surface area contributed by atoms with Crippen molar-refractivity contribution in [1.29, 1.82) is 0 Å². The summed E-state index contributed by atoms with van der Waals surface area (Å²) in [7, 11) is 4.74. The first-order chi connectivity index (χ1) is 17.5. The summed E-state index contributed by atoms with van der Waals surface area (Å²) in [6.07, 6.45) is 0. The summed E-state index contributed by atoms with van der Waals surface area (Å²) in [5.41, 5.74) is 1.72. The molecular weight excluding hydrogens is 464 g/mol. The van der Waals surface area contributed by atoms with Crippen molar-refractivity contribution in [3.63, 3.8) is 0 Å². The Labute approximate surface area is 210 Å². The zero-order valence-corrected chi connectivity index (χ0v) is 21.0. The number of esters is 1. The maximum atomic E-state index is 13.2. The molecule has 0 aliphatic carbocycles. The molecule has 192 valence electrons. The second kappa shape index (κ2) is 11.2. The summed E-state index contributed by atoms with van der Waals surface area (Å²) >= 11 is 0. The van der Waals surface area contributed by atoms with Crippen molar-refractivity contribution in [1.82, 2.24) is 10.2 Å². The van der Waals surface area contributed by atoms with E-state index in [-0.39, 0.29) is 6.61 Å². The number of hydrogen-bond acceptors (Lipinski definition) is 9. The molecule has 0 radical (unpaired) electrons. The van der Waals surface area contributed by atoms with Gasteiger partial charge in [0, 0.05) is 43.5 Å². The van der Waals surface area contributed by atoms with Crippen molar-refractivity contribution in [2.75, 3.05) is 59.0 Å². The Balaban J connectivity index is 1.59. The van der Waals surface area contributed by atoms with E-state index in [0.29, 0.717) is 36.1 Å². The lowest BCUT2D eigenvalue weighted by Gasteiger charge is -2.39. The summed E-state index contributed by atoms with van der Waals surface area (Å²) in [5, 5.41) is 2.84. The van der Waals surface area contributed by atoms with E-state index in [1.165, 1.54) is 7.11 Å². The molecule has 0 saturated carbocycles. The second-order valence-corrected chi connectivity index (χ2v) is 8.40. The minimum atomic E-state index is -1.13. The minimum Gasteiger partial charge on any atom is -0.497 e. The molecule has 10 nitrogen and oxygen atoms in total. The van der Waals surface area contributed by atoms with Crippen LogP contribution in [0, 0.1) is 5.92 Å². The summed E-state index contributed by atoms with van der Waals surface area (Å²) < 4.78 is 21.3. The molecule has 0 spiro atoms. The van der Waals surface area contributed by atoms with Crippen molar-refractivity contribution < 1.29 is 28.5 Å². The van der Waals surface area contributed by atoms with Crippen LogP contribution in [-0.4, -0.2) is 76.9 Å². The van der Waals surface area contributed by atoms with Crippen LogP contribution in [0.5, 0.6) is 17.2 Å². The number of piperazine rings is 1. The molecule has 0 aromatic heterocycles. The molecule has 2 heterocycles. The topological polar surface area (TPSA) is 102 Å². The van der Waals surface area contributed by atoms with E-state index in [9.17, 15) is 9.59 Å². The van der Waals surface area contributed by atoms with Crippen LogP contribution in [0.4, 0.5) is 5.69 Å². The van der Waals surface area contributed by atoms with Crippen LogP contribution in [0.25, 0.3) is 0 Å². The first-order valence-electron chi connectivity index (χ1n) is 11.9. The number of anilines is 1. The van der Waals surface area contributed by atoms with E-state index in [0.717, 1.165) is 24.5 Å². The molecule has 2 aliphatic heterocycles. The quantitative estimate of drug-likeness (QED) is 0.460. The smallest absolute Gasteiger partial charge is 0.321 e. The third kappa shape index (κ3) is 5.17. The zero-order valence-electron chi connectivity index (χ0n) is 21.0. The van der Waals surface area contributed by atoms with Crippen molar-refractivity contribution in [2.24, 2.45) is 10.9 Å². The van der Waals surface area contributed by atoms with Crippen LogP contribution in [0.1, 0.15) is 18.5 Å². The predicted molar refractivity (Wildman–Crippen MR) is 135 cm³/mol. The van der Waals surface area contributed by atoms with E-state index in [1.54, 1.807) is 39.3 Å². The molecule has 1 amide bonds. The van der Waals surface area contributed by atoms with Gasteiger partial charge in [0.05, 0.1) is 27.9 Å². The SMILES string of the molecule is CCOC(=O)C1C(=O)NC(N2CCN(c3ccc(OC)cc3)CC2)=NC1c1ccc(OC)cc1OC. The Morgan fingerprint density at radius 3 is 2.19 bits per heavy atom. The molecule has 1 fully saturated rings. The van der Waals surface area contributed by atoms with Crippen LogP contribution in [-0.2, 0) is 14.3 Å². The lowest BCUT2D eigenvalue weighted by atomic mass is 9.90. The first-order valence-corrected chi connectivity index (χ1v) is 11.9. The van der Waals surface area contributed by atoms with E-state index in [4.69, 9.17) is 23.9 Å². The Morgan fingerprint density at radius 2 is 1.58 bits per heavy atom. The summed E-state index contributed by atoms with van der Waals surface area (Å²) in [5.74, 6) is 0.143. The van der Waals surface area contributed by atoms with Gasteiger partial charge in [0.1, 0.15) is 23.3 Å². The highest BCUT2D eigenvalue weighted by molar-refractivity contribution is 6.08. The average molecular weight is 497 g/mol. The van der Waals surface area contributed by atoms with E-state index in [1.807, 2.05) is 29.2 Å². The fourth-order valence-corrected chi connectivity index (χ4v) is 4.48. The van der Waals surface area contributed by atoms with Gasteiger partial charge in [-0.15, -0.1) is 0 Å². The number of nitrogens with zero attached hydrogens (tertiary/aromatic N) is 3. The largest absolute Gasteiger partial charge is 0.497 e. The third-order valence-electron chi connectivity index (χ3n) is 6.41. The Morgan fingerprint density at radius 1 is 0.944 bits per heavy atom. The second-order valence-electron chi connectivity index (χ2n) is 8.40. The molecule has 1 saturated heterocycles. The Bertz CT molecular complexity index is 1110. The van der Waals surface area contributed by atoms with Crippen LogP contribution in [0.3, 0.4) is 0 Å². The number of carbonyl (C=O) groups excluding carboxylic acids is 2. The summed E-state index contributed by atoms with van der Waals surface area (Å²) in [6, 6.07) is 12.4. The van der Waals surface area contributed by atoms with Gasteiger partial charge in [-0.1, -0.05) is 0 Å². The number of methoxy groups -OCH3 is 3. The molecule has 2 atom stereocenters. The van der Waals surface area contributed by atoms with E-state index < -0.39 is 23.8 Å². The van der Waals surface area contributed by atoms with Crippen LogP contribution < -0.4 is 24.4 Å². The first kappa shape index (κ1) is 25.2. The van der Waals surface area contributed by atoms with Crippen molar-refractivity contribution >= 4 is 23.5 Å². The van der Waals surface area contributed by atoms with Crippen molar-refractivity contribution in [2.45, 2.75) is 13.0 Å². The number of nitrogens with one attached hydrogen (secondary N) is 1. The summed E-state index contributed by atoms with van der Waals surface area (Å²) in [6.45, 7) is 4.68. The molecule has 1 N–H and O–H groups in total. The average Bonchev–Trinajstić information content (AvgIpc) is 2.92. The number of amides is 1. The number of hydrogen-bond donors (Lipinski definition) is 1. The van der Waals surface area contributed by atoms with Gasteiger partial charge >= 0.3 is 5.97 Å². The van der Waals surface area contributed by atoms with Gasteiger partial charge < -0.3 is 28.7 Å². The monoisotopic (exact) mass is 496 g/mol. The van der Waals surface area contributed by atoms with E-state index in [2.05, 4.69) is 10.2 Å². The van der Waals surface area contributed by atoms with Crippen LogP contribution >= 0.6 is 0 Å². The number of guanidine groups is 1. The van der Waals surface area contributed by atoms with Gasteiger partial charge in [-0.25, -0.2) is 4.99 Å². The highest BCUT2D eigenvalue weighted by Gasteiger charge is 2.43. The van der Waals surface area contributed by atoms with Gasteiger partial charge in [0.25, 0.3) is 0 Å². The fraction of sp³-hybridized carbons (Fsp3) is 0.423. The Hall–Kier alpha value is -3.95. The number of carbonyl (C=O) groups is 2. The molecule has 2 aromatic carbocycles. The fourth-order valence-electron chi connectivity index (χ4n) is 4.48. The highest BCUT2D eigenvalue weighted by atomic mass is 16.5. The minimum absolute atomic E-state index is 0.166. The Kier molecular flexibility index (Phi) is 7.82. The lowest BCUT2D eigenvalue weighted by molar-refractivity contribution is -0.153. The van der Waals surface area contributed by atoms with Crippen LogP contribution in [0.2, 0.25) is 0 Å². The number of aliphatic imine (C=N–C) groups is 1. The van der Waals surface area contributed by atoms with Gasteiger partial charge in [-0.05, 0) is 43.3 Å². The molecule has 2 aromatic rings. The molecular formula is C26H32N4O6. The van der Waals surface area contributed by atoms with E-state index >= 15 is 0 Å². The lowest BCUT2D eigenvalue weighted by Crippen LogP contribution is -2.57. The highest BCUT2D eigenvalue weighted by Crippen LogP contribution is 2.38. The summed E-state index contributed by atoms with van der Waals surface area (Å²) in [4.78, 5) is 35.2. The predicted octanol–water partition coefficient (Wildman–Crippen LogP) is 2.24. The van der Waals surface area contributed by atoms with Gasteiger partial charge in [-0.3, -0.25) is 14.9 Å². The number of benzene rings is 2. The molecule has 36 heavy (non-hydrogen) atoms. The normalized spacial score (nSPS) is 19.8. The van der Waals surface area contributed by atoms with Crippen molar-refractivity contribution in [3.8, 4) is 17.2 Å². The standard InChI is InChI=1S/C26H32N4O6/c1-5-36-25(32)22-23(20-11-10-19(34-3)16-21(20)35-4)27-26(28-24(22)31)30-14-12-29(13-15-30)17-6-8-18(33-2)9-7-17/h6-11,16,22-23H,5,12-15H2,1-4H3,(H,27,28,31). The maximum Gasteiger partial charge on any atom is 0.321 e. The number of rotatable bonds is 7. The number of ether oxygens (including phenoxy) is 4.